The summed E-state index contributed by atoms with van der Waals surface area (Å²) in [4.78, 5) is 2.35. The summed E-state index contributed by atoms with van der Waals surface area (Å²) in [5.74, 6) is 0. The summed E-state index contributed by atoms with van der Waals surface area (Å²) < 4.78 is 0. The molecule has 1 aromatic rings. The molecular formula is C18H32N2. The fourth-order valence-corrected chi connectivity index (χ4v) is 2.11. The Morgan fingerprint density at radius 2 is 2.10 bits per heavy atom. The summed E-state index contributed by atoms with van der Waals surface area (Å²) in [6.45, 7) is 12.3. The Hall–Kier alpha value is -1.12. The molecule has 0 spiro atoms. The van der Waals surface area contributed by atoms with Crippen molar-refractivity contribution in [2.75, 3.05) is 27.2 Å². The minimum Gasteiger partial charge on any atom is -0.316 e. The van der Waals surface area contributed by atoms with Crippen molar-refractivity contribution in [3.8, 4) is 0 Å². The van der Waals surface area contributed by atoms with Gasteiger partial charge in [0.05, 0.1) is 0 Å². The first-order valence-electron chi connectivity index (χ1n) is 7.76. The summed E-state index contributed by atoms with van der Waals surface area (Å²) in [6, 6.07) is 9.17. The highest BCUT2D eigenvalue weighted by atomic mass is 15.2. The van der Waals surface area contributed by atoms with Crippen LogP contribution in [0.5, 0.6) is 0 Å². The predicted molar refractivity (Wildman–Crippen MR) is 92.2 cm³/mol. The second kappa shape index (κ2) is 11.7. The molecule has 1 N–H and O–H groups in total. The van der Waals surface area contributed by atoms with Crippen LogP contribution < -0.4 is 5.32 Å². The van der Waals surface area contributed by atoms with Crippen LogP contribution in [0.1, 0.15) is 38.3 Å². The zero-order valence-corrected chi connectivity index (χ0v) is 13.9. The molecular weight excluding hydrogens is 244 g/mol. The van der Waals surface area contributed by atoms with Crippen molar-refractivity contribution in [2.24, 2.45) is 0 Å². The molecule has 0 aromatic heterocycles. The summed E-state index contributed by atoms with van der Waals surface area (Å²) in [7, 11) is 4.20. The van der Waals surface area contributed by atoms with Gasteiger partial charge in [-0.3, -0.25) is 0 Å². The van der Waals surface area contributed by atoms with Gasteiger partial charge in [0, 0.05) is 12.6 Å². The summed E-state index contributed by atoms with van der Waals surface area (Å²) in [6.07, 6.45) is 4.29. The van der Waals surface area contributed by atoms with E-state index in [2.05, 4.69) is 55.0 Å². The molecule has 20 heavy (non-hydrogen) atoms. The topological polar surface area (TPSA) is 15.3 Å². The maximum Gasteiger partial charge on any atom is 0.0204 e. The predicted octanol–water partition coefficient (Wildman–Crippen LogP) is 3.83. The van der Waals surface area contributed by atoms with Crippen LogP contribution in [0.3, 0.4) is 0 Å². The first kappa shape index (κ1) is 18.9. The number of nitrogens with one attached hydrogen (secondary N) is 1. The maximum absolute atomic E-state index is 3.71. The SMILES string of the molecule is C=Cc1cccc(CC)c1.CC.CNC1CCN(C)C1. The van der Waals surface area contributed by atoms with Gasteiger partial charge in [0.25, 0.3) is 0 Å². The Labute approximate surface area is 125 Å². The Kier molecular flexibility index (Phi) is 11.0. The van der Waals surface area contributed by atoms with Gasteiger partial charge in [-0.05, 0) is 44.6 Å². The smallest absolute Gasteiger partial charge is 0.0204 e. The number of rotatable bonds is 3. The number of aryl methyl sites for hydroxylation is 1. The zero-order valence-electron chi connectivity index (χ0n) is 13.9. The number of benzene rings is 1. The van der Waals surface area contributed by atoms with E-state index in [-0.39, 0.29) is 0 Å². The fourth-order valence-electron chi connectivity index (χ4n) is 2.11. The van der Waals surface area contributed by atoms with Crippen molar-refractivity contribution in [1.29, 1.82) is 0 Å². The molecule has 114 valence electrons. The van der Waals surface area contributed by atoms with Gasteiger partial charge in [-0.15, -0.1) is 0 Å². The maximum atomic E-state index is 3.71. The fraction of sp³-hybridized carbons (Fsp3) is 0.556. The molecule has 0 radical (unpaired) electrons. The molecule has 2 nitrogen and oxygen atoms in total. The van der Waals surface area contributed by atoms with Crippen molar-refractivity contribution in [3.63, 3.8) is 0 Å². The van der Waals surface area contributed by atoms with Gasteiger partial charge in [0.1, 0.15) is 0 Å². The average Bonchev–Trinajstić information content (AvgIpc) is 2.95. The Morgan fingerprint density at radius 3 is 2.50 bits per heavy atom. The van der Waals surface area contributed by atoms with E-state index < -0.39 is 0 Å². The van der Waals surface area contributed by atoms with Gasteiger partial charge in [-0.2, -0.15) is 0 Å². The van der Waals surface area contributed by atoms with Gasteiger partial charge in [-0.25, -0.2) is 0 Å². The van der Waals surface area contributed by atoms with E-state index in [4.69, 9.17) is 0 Å². The van der Waals surface area contributed by atoms with E-state index in [1.54, 1.807) is 0 Å². The minimum atomic E-state index is 0.750. The molecule has 1 aliphatic heterocycles. The molecule has 2 heteroatoms. The number of nitrogens with zero attached hydrogens (tertiary/aromatic N) is 1. The molecule has 1 atom stereocenters. The summed E-state index contributed by atoms with van der Waals surface area (Å²) >= 11 is 0. The molecule has 1 aliphatic rings. The molecule has 1 saturated heterocycles. The second-order valence-electron chi connectivity index (χ2n) is 4.84. The number of likely N-dealkylation sites (N-methyl/N-ethyl adjacent to an activating group) is 2. The molecule has 0 bridgehead atoms. The van der Waals surface area contributed by atoms with Crippen LogP contribution in [0.15, 0.2) is 30.8 Å². The molecule has 0 saturated carbocycles. The lowest BCUT2D eigenvalue weighted by atomic mass is 10.1. The van der Waals surface area contributed by atoms with Crippen molar-refractivity contribution >= 4 is 6.08 Å². The van der Waals surface area contributed by atoms with E-state index >= 15 is 0 Å². The molecule has 1 heterocycles. The van der Waals surface area contributed by atoms with Crippen molar-refractivity contribution in [1.82, 2.24) is 10.2 Å². The Balaban J connectivity index is 0.000000327. The lowest BCUT2D eigenvalue weighted by Gasteiger charge is -2.07. The lowest BCUT2D eigenvalue weighted by Crippen LogP contribution is -2.27. The van der Waals surface area contributed by atoms with E-state index in [1.807, 2.05) is 27.0 Å². The van der Waals surface area contributed by atoms with Crippen molar-refractivity contribution < 1.29 is 0 Å². The van der Waals surface area contributed by atoms with Crippen LogP contribution in [0.25, 0.3) is 6.08 Å². The number of hydrogen-bond donors (Lipinski definition) is 1. The van der Waals surface area contributed by atoms with Crippen LogP contribution in [-0.2, 0) is 6.42 Å². The third-order valence-electron chi connectivity index (χ3n) is 3.39. The van der Waals surface area contributed by atoms with Gasteiger partial charge in [0.2, 0.25) is 0 Å². The summed E-state index contributed by atoms with van der Waals surface area (Å²) in [5.41, 5.74) is 2.58. The Bertz CT molecular complexity index is 360. The molecule has 0 amide bonds. The normalized spacial score (nSPS) is 17.6. The van der Waals surface area contributed by atoms with E-state index in [9.17, 15) is 0 Å². The zero-order chi connectivity index (χ0) is 15.4. The standard InChI is InChI=1S/C10H12.C6H14N2.C2H6/c1-3-9-6-5-7-10(4-2)8-9;1-7-6-3-4-8(2)5-6;1-2/h3,5-8H,1,4H2,2H3;6-7H,3-5H2,1-2H3;1-2H3. The minimum absolute atomic E-state index is 0.750. The molecule has 1 fully saturated rings. The molecule has 1 aromatic carbocycles. The quantitative estimate of drug-likeness (QED) is 0.902. The van der Waals surface area contributed by atoms with Gasteiger partial charge in [-0.1, -0.05) is 57.7 Å². The molecule has 1 unspecified atom stereocenters. The molecule has 0 aliphatic carbocycles. The van der Waals surface area contributed by atoms with Crippen LogP contribution in [0.4, 0.5) is 0 Å². The van der Waals surface area contributed by atoms with E-state index in [0.29, 0.717) is 0 Å². The second-order valence-corrected chi connectivity index (χ2v) is 4.84. The highest BCUT2D eigenvalue weighted by Gasteiger charge is 2.16. The number of likely N-dealkylation sites (tertiary alicyclic amines) is 1. The van der Waals surface area contributed by atoms with Crippen LogP contribution in [-0.4, -0.2) is 38.1 Å². The first-order chi connectivity index (χ1) is 9.69. The van der Waals surface area contributed by atoms with E-state index in [1.165, 1.54) is 30.6 Å². The average molecular weight is 276 g/mol. The van der Waals surface area contributed by atoms with Crippen LogP contribution in [0, 0.1) is 0 Å². The third-order valence-corrected chi connectivity index (χ3v) is 3.39. The van der Waals surface area contributed by atoms with Crippen LogP contribution in [0.2, 0.25) is 0 Å². The van der Waals surface area contributed by atoms with Crippen molar-refractivity contribution in [3.05, 3.63) is 42.0 Å². The third kappa shape index (κ3) is 7.46. The van der Waals surface area contributed by atoms with Gasteiger partial charge < -0.3 is 10.2 Å². The highest BCUT2D eigenvalue weighted by Crippen LogP contribution is 2.06. The largest absolute Gasteiger partial charge is 0.316 e. The lowest BCUT2D eigenvalue weighted by molar-refractivity contribution is 0.403. The number of hydrogen-bond acceptors (Lipinski definition) is 2. The van der Waals surface area contributed by atoms with Gasteiger partial charge in [0.15, 0.2) is 0 Å². The summed E-state index contributed by atoms with van der Waals surface area (Å²) in [5, 5.41) is 3.25. The van der Waals surface area contributed by atoms with Crippen molar-refractivity contribution in [2.45, 2.75) is 39.7 Å². The molecule has 2 rings (SSSR count). The first-order valence-corrected chi connectivity index (χ1v) is 7.76. The van der Waals surface area contributed by atoms with Crippen LogP contribution >= 0.6 is 0 Å². The van der Waals surface area contributed by atoms with E-state index in [0.717, 1.165) is 12.5 Å². The van der Waals surface area contributed by atoms with Gasteiger partial charge >= 0.3 is 0 Å². The monoisotopic (exact) mass is 276 g/mol. The highest BCUT2D eigenvalue weighted by molar-refractivity contribution is 5.47. The Morgan fingerprint density at radius 1 is 1.40 bits per heavy atom.